The summed E-state index contributed by atoms with van der Waals surface area (Å²) in [4.78, 5) is 30.6. The molecule has 0 bridgehead atoms. The molecule has 0 aromatic carbocycles. The first-order valence-corrected chi connectivity index (χ1v) is 7.94. The van der Waals surface area contributed by atoms with Crippen LogP contribution < -0.4 is 4.90 Å². The number of aromatic nitrogens is 1. The molecule has 0 spiro atoms. The molecule has 7 heteroatoms. The smallest absolute Gasteiger partial charge is 0.350 e. The molecule has 21 heavy (non-hydrogen) atoms. The number of hydrogen-bond donors (Lipinski definition) is 0. The molecule has 1 aliphatic carbocycles. The fourth-order valence-electron chi connectivity index (χ4n) is 1.93. The van der Waals surface area contributed by atoms with Crippen LogP contribution in [0, 0.1) is 6.92 Å². The first kappa shape index (κ1) is 15.9. The third-order valence-electron chi connectivity index (χ3n) is 3.06. The minimum absolute atomic E-state index is 0.0420. The van der Waals surface area contributed by atoms with E-state index in [0.717, 1.165) is 12.8 Å². The van der Waals surface area contributed by atoms with Crippen LogP contribution in [0.3, 0.4) is 0 Å². The summed E-state index contributed by atoms with van der Waals surface area (Å²) >= 11 is 1.21. The number of thiazole rings is 1. The monoisotopic (exact) mass is 312 g/mol. The lowest BCUT2D eigenvalue weighted by Gasteiger charge is -2.18. The van der Waals surface area contributed by atoms with Crippen LogP contribution in [0.5, 0.6) is 0 Å². The number of nitrogens with zero attached hydrogens (tertiary/aromatic N) is 2. The van der Waals surface area contributed by atoms with Crippen LogP contribution >= 0.6 is 11.3 Å². The third-order valence-corrected chi connectivity index (χ3v) is 4.20. The van der Waals surface area contributed by atoms with Gasteiger partial charge >= 0.3 is 5.97 Å². The molecule has 1 aromatic rings. The van der Waals surface area contributed by atoms with Crippen molar-refractivity contribution in [3.8, 4) is 0 Å². The highest BCUT2D eigenvalue weighted by Gasteiger charge is 2.36. The van der Waals surface area contributed by atoms with Crippen molar-refractivity contribution >= 4 is 28.3 Å². The lowest BCUT2D eigenvalue weighted by molar-refractivity contribution is -0.123. The minimum Gasteiger partial charge on any atom is -0.462 e. The van der Waals surface area contributed by atoms with Gasteiger partial charge in [0.2, 0.25) is 0 Å². The molecule has 116 valence electrons. The highest BCUT2D eigenvalue weighted by molar-refractivity contribution is 7.17. The summed E-state index contributed by atoms with van der Waals surface area (Å²) in [5.74, 6) is -0.490. The summed E-state index contributed by atoms with van der Waals surface area (Å²) < 4.78 is 10.2. The third kappa shape index (κ3) is 3.79. The predicted molar refractivity (Wildman–Crippen MR) is 79.8 cm³/mol. The van der Waals surface area contributed by atoms with Crippen LogP contribution in [-0.4, -0.2) is 42.7 Å². The van der Waals surface area contributed by atoms with Crippen molar-refractivity contribution in [1.29, 1.82) is 0 Å². The molecule has 0 N–H and O–H groups in total. The second-order valence-electron chi connectivity index (χ2n) is 4.76. The molecule has 0 unspecified atom stereocenters. The van der Waals surface area contributed by atoms with Crippen LogP contribution in [0.15, 0.2) is 0 Å². The van der Waals surface area contributed by atoms with E-state index in [-0.39, 0.29) is 24.5 Å². The Kier molecular flexibility index (Phi) is 5.30. The summed E-state index contributed by atoms with van der Waals surface area (Å²) in [5.41, 5.74) is 0.600. The van der Waals surface area contributed by atoms with Crippen LogP contribution in [0.25, 0.3) is 0 Å². The maximum absolute atomic E-state index is 12.3. The number of esters is 1. The summed E-state index contributed by atoms with van der Waals surface area (Å²) in [7, 11) is 0. The number of anilines is 1. The number of hydrogen-bond acceptors (Lipinski definition) is 6. The first-order chi connectivity index (χ1) is 10.1. The lowest BCUT2D eigenvalue weighted by Crippen LogP contribution is -2.36. The van der Waals surface area contributed by atoms with E-state index in [9.17, 15) is 9.59 Å². The van der Waals surface area contributed by atoms with Gasteiger partial charge in [-0.25, -0.2) is 9.78 Å². The Bertz CT molecular complexity index is 525. The standard InChI is InChI=1S/C14H20N2O4S/c1-4-19-8-11(17)16(10-6-7-10)14-15-9(3)12(21-14)13(18)20-5-2/h10H,4-8H2,1-3H3. The Balaban J connectivity index is 2.19. The van der Waals surface area contributed by atoms with Crippen molar-refractivity contribution in [1.82, 2.24) is 4.98 Å². The van der Waals surface area contributed by atoms with E-state index in [2.05, 4.69) is 4.98 Å². The fraction of sp³-hybridized carbons (Fsp3) is 0.643. The fourth-order valence-corrected chi connectivity index (χ4v) is 2.98. The number of rotatable bonds is 7. The number of amides is 1. The van der Waals surface area contributed by atoms with Crippen molar-refractivity contribution in [2.24, 2.45) is 0 Å². The zero-order chi connectivity index (χ0) is 15.4. The molecule has 1 aliphatic rings. The zero-order valence-corrected chi connectivity index (χ0v) is 13.4. The summed E-state index contributed by atoms with van der Waals surface area (Å²) in [6, 6.07) is 0.179. The summed E-state index contributed by atoms with van der Waals surface area (Å²) in [6.07, 6.45) is 1.93. The first-order valence-electron chi connectivity index (χ1n) is 7.12. The molecule has 1 fully saturated rings. The van der Waals surface area contributed by atoms with Crippen molar-refractivity contribution < 1.29 is 19.1 Å². The average Bonchev–Trinajstić information content (AvgIpc) is 3.19. The van der Waals surface area contributed by atoms with Gasteiger partial charge in [-0.3, -0.25) is 9.69 Å². The normalized spacial score (nSPS) is 14.0. The maximum atomic E-state index is 12.3. The van der Waals surface area contributed by atoms with Gasteiger partial charge in [0.1, 0.15) is 11.5 Å². The quantitative estimate of drug-likeness (QED) is 0.722. The molecule has 1 aromatic heterocycles. The van der Waals surface area contributed by atoms with Crippen molar-refractivity contribution in [2.75, 3.05) is 24.7 Å². The van der Waals surface area contributed by atoms with Crippen LogP contribution in [0.2, 0.25) is 0 Å². The van der Waals surface area contributed by atoms with Crippen molar-refractivity contribution in [3.05, 3.63) is 10.6 Å². The molecule has 2 rings (SSSR count). The van der Waals surface area contributed by atoms with Gasteiger partial charge in [0.05, 0.1) is 12.3 Å². The molecule has 1 saturated carbocycles. The van der Waals surface area contributed by atoms with Gasteiger partial charge in [0.15, 0.2) is 5.13 Å². The molecule has 0 saturated heterocycles. The lowest BCUT2D eigenvalue weighted by atomic mass is 10.4. The van der Waals surface area contributed by atoms with E-state index in [0.29, 0.717) is 28.9 Å². The zero-order valence-electron chi connectivity index (χ0n) is 12.5. The molecule has 0 atom stereocenters. The summed E-state index contributed by atoms with van der Waals surface area (Å²) in [5, 5.41) is 0.558. The van der Waals surface area contributed by atoms with Gasteiger partial charge in [0.25, 0.3) is 5.91 Å². The molecule has 6 nitrogen and oxygen atoms in total. The topological polar surface area (TPSA) is 68.7 Å². The SMILES string of the molecule is CCOCC(=O)N(c1nc(C)c(C(=O)OCC)s1)C1CC1. The molecule has 0 radical (unpaired) electrons. The van der Waals surface area contributed by atoms with E-state index < -0.39 is 0 Å². The Morgan fingerprint density at radius 3 is 2.62 bits per heavy atom. The molecule has 1 heterocycles. The minimum atomic E-state index is -0.383. The second kappa shape index (κ2) is 7.00. The van der Waals surface area contributed by atoms with Crippen LogP contribution in [0.1, 0.15) is 42.1 Å². The van der Waals surface area contributed by atoms with Crippen LogP contribution in [0.4, 0.5) is 5.13 Å². The highest BCUT2D eigenvalue weighted by Crippen LogP contribution is 2.35. The molecular weight excluding hydrogens is 292 g/mol. The number of aryl methyl sites for hydroxylation is 1. The van der Waals surface area contributed by atoms with E-state index in [1.807, 2.05) is 6.92 Å². The Morgan fingerprint density at radius 1 is 1.33 bits per heavy atom. The van der Waals surface area contributed by atoms with Crippen molar-refractivity contribution in [3.63, 3.8) is 0 Å². The van der Waals surface area contributed by atoms with Gasteiger partial charge in [-0.05, 0) is 33.6 Å². The Labute approximate surface area is 128 Å². The number of ether oxygens (including phenoxy) is 2. The van der Waals surface area contributed by atoms with Gasteiger partial charge in [0, 0.05) is 12.6 Å². The molecule has 1 amide bonds. The van der Waals surface area contributed by atoms with E-state index in [1.54, 1.807) is 18.7 Å². The van der Waals surface area contributed by atoms with E-state index in [4.69, 9.17) is 9.47 Å². The second-order valence-corrected chi connectivity index (χ2v) is 5.74. The Morgan fingerprint density at radius 2 is 2.05 bits per heavy atom. The highest BCUT2D eigenvalue weighted by atomic mass is 32.1. The van der Waals surface area contributed by atoms with Crippen LogP contribution in [-0.2, 0) is 14.3 Å². The largest absolute Gasteiger partial charge is 0.462 e. The van der Waals surface area contributed by atoms with E-state index >= 15 is 0 Å². The van der Waals surface area contributed by atoms with Gasteiger partial charge < -0.3 is 9.47 Å². The molecule has 0 aliphatic heterocycles. The van der Waals surface area contributed by atoms with Gasteiger partial charge in [-0.2, -0.15) is 0 Å². The number of carbonyl (C=O) groups excluding carboxylic acids is 2. The van der Waals surface area contributed by atoms with Gasteiger partial charge in [-0.1, -0.05) is 11.3 Å². The van der Waals surface area contributed by atoms with E-state index in [1.165, 1.54) is 11.3 Å². The summed E-state index contributed by atoms with van der Waals surface area (Å²) in [6.45, 7) is 6.22. The average molecular weight is 312 g/mol. The van der Waals surface area contributed by atoms with Crippen molar-refractivity contribution in [2.45, 2.75) is 39.7 Å². The van der Waals surface area contributed by atoms with Gasteiger partial charge in [-0.15, -0.1) is 0 Å². The number of carbonyl (C=O) groups is 2. The predicted octanol–water partition coefficient (Wildman–Crippen LogP) is 2.16. The maximum Gasteiger partial charge on any atom is 0.350 e. The Hall–Kier alpha value is -1.47. The molecular formula is C14H20N2O4S.